The summed E-state index contributed by atoms with van der Waals surface area (Å²) in [7, 11) is 0. The van der Waals surface area contributed by atoms with E-state index in [4.69, 9.17) is 21.6 Å². The predicted molar refractivity (Wildman–Crippen MR) is 87.3 cm³/mol. The van der Waals surface area contributed by atoms with Crippen LogP contribution in [0.25, 0.3) is 0 Å². The average Bonchev–Trinajstić information content (AvgIpc) is 2.46. The number of hydrogen-bond donors (Lipinski definition) is 0. The van der Waals surface area contributed by atoms with Gasteiger partial charge in [0, 0.05) is 21.5 Å². The van der Waals surface area contributed by atoms with Gasteiger partial charge in [0.05, 0.1) is 16.1 Å². The van der Waals surface area contributed by atoms with Gasteiger partial charge < -0.3 is 4.74 Å². The Morgan fingerprint density at radius 3 is 2.65 bits per heavy atom. The quantitative estimate of drug-likeness (QED) is 0.622. The van der Waals surface area contributed by atoms with E-state index in [1.54, 1.807) is 12.1 Å². The summed E-state index contributed by atoms with van der Waals surface area (Å²) in [6.07, 6.45) is 0. The lowest BCUT2D eigenvalue weighted by molar-refractivity contribution is 0.302. The van der Waals surface area contributed by atoms with Gasteiger partial charge in [-0.2, -0.15) is 5.26 Å². The third kappa shape index (κ3) is 3.54. The van der Waals surface area contributed by atoms with E-state index in [1.165, 1.54) is 0 Å². The van der Waals surface area contributed by atoms with E-state index in [1.807, 2.05) is 24.3 Å². The second-order valence-corrected chi connectivity index (χ2v) is 5.89. The smallest absolute Gasteiger partial charge is 0.138 e. The summed E-state index contributed by atoms with van der Waals surface area (Å²) in [4.78, 5) is 0. The van der Waals surface area contributed by atoms with Gasteiger partial charge in [0.25, 0.3) is 0 Å². The maximum Gasteiger partial charge on any atom is 0.138 e. The fraction of sp³-hybridized carbons (Fsp3) is 0.133. The molecule has 2 nitrogen and oxygen atoms in total. The van der Waals surface area contributed by atoms with Crippen molar-refractivity contribution < 1.29 is 4.74 Å². The summed E-state index contributed by atoms with van der Waals surface area (Å²) < 4.78 is 6.76. The molecule has 0 radical (unpaired) electrons. The molecule has 2 aromatic rings. The van der Waals surface area contributed by atoms with Crippen molar-refractivity contribution in [3.63, 3.8) is 0 Å². The highest BCUT2D eigenvalue weighted by atomic mass is 79.9. The van der Waals surface area contributed by atoms with Crippen molar-refractivity contribution in [1.82, 2.24) is 0 Å². The normalized spacial score (nSPS) is 10.1. The number of nitriles is 1. The Balaban J connectivity index is 2.19. The second kappa shape index (κ2) is 7.12. The van der Waals surface area contributed by atoms with E-state index in [9.17, 15) is 0 Å². The van der Waals surface area contributed by atoms with Gasteiger partial charge >= 0.3 is 0 Å². The molecule has 0 heterocycles. The van der Waals surface area contributed by atoms with Crippen LogP contribution in [0.4, 0.5) is 0 Å². The topological polar surface area (TPSA) is 33.0 Å². The second-order valence-electron chi connectivity index (χ2n) is 4.07. The van der Waals surface area contributed by atoms with Crippen molar-refractivity contribution in [2.24, 2.45) is 0 Å². The number of rotatable bonds is 4. The monoisotopic (exact) mass is 413 g/mol. The van der Waals surface area contributed by atoms with Crippen LogP contribution in [-0.2, 0) is 11.9 Å². The molecule has 0 unspecified atom stereocenters. The van der Waals surface area contributed by atoms with Gasteiger partial charge in [-0.15, -0.1) is 0 Å². The molecule has 0 N–H and O–H groups in total. The van der Waals surface area contributed by atoms with Crippen molar-refractivity contribution in [3.05, 3.63) is 62.6 Å². The van der Waals surface area contributed by atoms with Crippen LogP contribution in [0.1, 0.15) is 16.7 Å². The van der Waals surface area contributed by atoms with E-state index < -0.39 is 0 Å². The molecule has 0 aromatic heterocycles. The van der Waals surface area contributed by atoms with E-state index in [0.29, 0.717) is 22.5 Å². The van der Waals surface area contributed by atoms with Crippen molar-refractivity contribution in [1.29, 1.82) is 5.26 Å². The van der Waals surface area contributed by atoms with E-state index in [-0.39, 0.29) is 0 Å². The summed E-state index contributed by atoms with van der Waals surface area (Å²) in [6.45, 7) is 0.354. The zero-order valence-corrected chi connectivity index (χ0v) is 14.3. The number of halogens is 3. The van der Waals surface area contributed by atoms with Gasteiger partial charge in [-0.1, -0.05) is 45.7 Å². The minimum absolute atomic E-state index is 0.354. The lowest BCUT2D eigenvalue weighted by Gasteiger charge is -2.13. The lowest BCUT2D eigenvalue weighted by Crippen LogP contribution is -1.99. The molecule has 0 amide bonds. The summed E-state index contributed by atoms with van der Waals surface area (Å²) in [5, 5.41) is 10.1. The predicted octanol–water partition coefficient (Wildman–Crippen LogP) is 5.45. The van der Waals surface area contributed by atoms with Gasteiger partial charge in [0.2, 0.25) is 0 Å². The molecule has 2 rings (SSSR count). The van der Waals surface area contributed by atoms with Crippen LogP contribution in [0.15, 0.2) is 40.9 Å². The first-order valence-corrected chi connectivity index (χ1v) is 8.09. The van der Waals surface area contributed by atoms with Crippen LogP contribution in [-0.4, -0.2) is 0 Å². The first-order chi connectivity index (χ1) is 9.65. The molecule has 0 aliphatic carbocycles. The molecular weight excluding hydrogens is 405 g/mol. The number of hydrogen-bond acceptors (Lipinski definition) is 2. The van der Waals surface area contributed by atoms with Crippen molar-refractivity contribution >= 4 is 43.5 Å². The molecule has 0 bridgehead atoms. The van der Waals surface area contributed by atoms with Crippen LogP contribution in [0.2, 0.25) is 5.02 Å². The van der Waals surface area contributed by atoms with Crippen LogP contribution in [0.5, 0.6) is 5.75 Å². The molecule has 0 fully saturated rings. The van der Waals surface area contributed by atoms with Gasteiger partial charge in [-0.25, -0.2) is 0 Å². The number of benzene rings is 2. The maximum atomic E-state index is 8.81. The molecule has 102 valence electrons. The lowest BCUT2D eigenvalue weighted by atomic mass is 10.1. The molecule has 0 atom stereocenters. The van der Waals surface area contributed by atoms with Gasteiger partial charge in [0.15, 0.2) is 0 Å². The van der Waals surface area contributed by atoms with Crippen molar-refractivity contribution in [2.45, 2.75) is 11.9 Å². The fourth-order valence-corrected chi connectivity index (χ4v) is 2.90. The molecule has 5 heteroatoms. The van der Waals surface area contributed by atoms with Crippen LogP contribution >= 0.6 is 43.5 Å². The van der Waals surface area contributed by atoms with E-state index >= 15 is 0 Å². The Morgan fingerprint density at radius 2 is 2.00 bits per heavy atom. The zero-order chi connectivity index (χ0) is 14.5. The first kappa shape index (κ1) is 15.4. The number of nitrogens with zero attached hydrogens (tertiary/aromatic N) is 1. The van der Waals surface area contributed by atoms with E-state index in [0.717, 1.165) is 21.3 Å². The minimum atomic E-state index is 0.354. The minimum Gasteiger partial charge on any atom is -0.487 e. The maximum absolute atomic E-state index is 8.81. The molecule has 2 aromatic carbocycles. The Kier molecular flexibility index (Phi) is 5.47. The van der Waals surface area contributed by atoms with Gasteiger partial charge in [0.1, 0.15) is 12.4 Å². The van der Waals surface area contributed by atoms with Gasteiger partial charge in [-0.05, 0) is 34.1 Å². The molecule has 20 heavy (non-hydrogen) atoms. The summed E-state index contributed by atoms with van der Waals surface area (Å²) >= 11 is 13.1. The summed E-state index contributed by atoms with van der Waals surface area (Å²) in [5.74, 6) is 0.796. The molecule has 0 spiro atoms. The molecule has 0 aliphatic rings. The Labute approximate surface area is 139 Å². The largest absolute Gasteiger partial charge is 0.487 e. The van der Waals surface area contributed by atoms with Crippen LogP contribution in [0, 0.1) is 11.3 Å². The number of ether oxygens (including phenoxy) is 1. The third-order valence-electron chi connectivity index (χ3n) is 2.75. The van der Waals surface area contributed by atoms with Crippen LogP contribution < -0.4 is 4.74 Å². The zero-order valence-electron chi connectivity index (χ0n) is 10.4. The molecule has 0 aliphatic heterocycles. The molecule has 0 saturated heterocycles. The SMILES string of the molecule is N#Cc1ccc(COc2c(Br)cccc2CBr)c(Cl)c1. The molecular formula is C15H10Br2ClNO. The first-order valence-electron chi connectivity index (χ1n) is 5.80. The van der Waals surface area contributed by atoms with E-state index in [2.05, 4.69) is 37.9 Å². The Morgan fingerprint density at radius 1 is 1.20 bits per heavy atom. The highest BCUT2D eigenvalue weighted by molar-refractivity contribution is 9.10. The fourth-order valence-electron chi connectivity index (χ4n) is 1.70. The highest BCUT2D eigenvalue weighted by Crippen LogP contribution is 2.31. The summed E-state index contributed by atoms with van der Waals surface area (Å²) in [6, 6.07) is 13.1. The number of alkyl halides is 1. The molecule has 0 saturated carbocycles. The number of para-hydroxylation sites is 1. The summed E-state index contributed by atoms with van der Waals surface area (Å²) in [5.41, 5.74) is 2.45. The van der Waals surface area contributed by atoms with Crippen molar-refractivity contribution in [3.8, 4) is 11.8 Å². The van der Waals surface area contributed by atoms with Crippen LogP contribution in [0.3, 0.4) is 0 Å². The third-order valence-corrected chi connectivity index (χ3v) is 4.33. The Hall–Kier alpha value is -1.02. The average molecular weight is 416 g/mol. The Bertz CT molecular complexity index is 667. The standard InChI is InChI=1S/C15H10Br2ClNO/c16-7-11-2-1-3-13(17)15(11)20-9-12-5-4-10(8-19)6-14(12)18/h1-6H,7,9H2. The van der Waals surface area contributed by atoms with Crippen molar-refractivity contribution in [2.75, 3.05) is 0 Å². The highest BCUT2D eigenvalue weighted by Gasteiger charge is 2.09. The van der Waals surface area contributed by atoms with Gasteiger partial charge in [-0.3, -0.25) is 0 Å².